The average Bonchev–Trinajstić information content (AvgIpc) is 2.64. The third-order valence-electron chi connectivity index (χ3n) is 4.48. The minimum Gasteiger partial charge on any atom is -0.385 e. The Morgan fingerprint density at radius 2 is 1.64 bits per heavy atom. The Labute approximate surface area is 174 Å². The molecular weight excluding hydrogens is 342 g/mol. The highest BCUT2D eigenvalue weighted by atomic mass is 14.9. The zero-order valence-corrected chi connectivity index (χ0v) is 19.6. The third kappa shape index (κ3) is 9.87. The van der Waals surface area contributed by atoms with Crippen LogP contribution < -0.4 is 5.32 Å². The van der Waals surface area contributed by atoms with Gasteiger partial charge in [-0.1, -0.05) is 64.8 Å². The maximum atomic E-state index is 4.58. The summed E-state index contributed by atoms with van der Waals surface area (Å²) in [6, 6.07) is 0.567. The van der Waals surface area contributed by atoms with Crippen LogP contribution in [0.1, 0.15) is 73.6 Å². The minimum absolute atomic E-state index is 0.567. The smallest absolute Gasteiger partial charge is 0.0747 e. The second-order valence-electron chi connectivity index (χ2n) is 8.00. The fourth-order valence-corrected chi connectivity index (χ4v) is 3.34. The first-order valence-electron chi connectivity index (χ1n) is 10.6. The lowest BCUT2D eigenvalue weighted by molar-refractivity contribution is 0.396. The Balaban J connectivity index is 0.00000165. The summed E-state index contributed by atoms with van der Waals surface area (Å²) in [7, 11) is 3.64. The first-order valence-corrected chi connectivity index (χ1v) is 10.6. The van der Waals surface area contributed by atoms with E-state index >= 15 is 0 Å². The molecule has 0 bridgehead atoms. The summed E-state index contributed by atoms with van der Waals surface area (Å²) in [5, 5.41) is 3.75. The molecule has 3 heteroatoms. The van der Waals surface area contributed by atoms with Crippen LogP contribution in [0.2, 0.25) is 0 Å². The van der Waals surface area contributed by atoms with Crippen LogP contribution in [0.5, 0.6) is 0 Å². The molecule has 0 aromatic carbocycles. The molecule has 1 aliphatic rings. The molecule has 1 rings (SSSR count). The largest absolute Gasteiger partial charge is 0.385 e. The number of hydrogen-bond acceptors (Lipinski definition) is 3. The monoisotopic (exact) mass is 385 g/mol. The number of aliphatic imine (C=N–C) groups is 2. The van der Waals surface area contributed by atoms with E-state index in [-0.39, 0.29) is 0 Å². The van der Waals surface area contributed by atoms with Gasteiger partial charge in [-0.2, -0.15) is 0 Å². The molecule has 0 amide bonds. The van der Waals surface area contributed by atoms with Crippen LogP contribution in [0.4, 0.5) is 0 Å². The predicted molar refractivity (Wildman–Crippen MR) is 129 cm³/mol. The molecule has 1 N–H and O–H groups in total. The van der Waals surface area contributed by atoms with Crippen molar-refractivity contribution >= 4 is 11.9 Å². The van der Waals surface area contributed by atoms with Gasteiger partial charge in [0.1, 0.15) is 0 Å². The van der Waals surface area contributed by atoms with Crippen molar-refractivity contribution in [3.05, 3.63) is 47.2 Å². The van der Waals surface area contributed by atoms with E-state index in [1.165, 1.54) is 37.8 Å². The van der Waals surface area contributed by atoms with E-state index in [0.29, 0.717) is 6.04 Å². The van der Waals surface area contributed by atoms with Crippen LogP contribution in [0.25, 0.3) is 0 Å². The lowest BCUT2D eigenvalue weighted by Gasteiger charge is -2.26. The normalized spacial score (nSPS) is 18.0. The van der Waals surface area contributed by atoms with E-state index in [2.05, 4.69) is 62.6 Å². The van der Waals surface area contributed by atoms with Crippen molar-refractivity contribution in [2.45, 2.75) is 79.7 Å². The van der Waals surface area contributed by atoms with Gasteiger partial charge in [0.15, 0.2) is 0 Å². The Morgan fingerprint density at radius 3 is 2.07 bits per heavy atom. The molecular formula is C25H43N3. The van der Waals surface area contributed by atoms with E-state index in [1.54, 1.807) is 7.05 Å². The molecule has 158 valence electrons. The summed E-state index contributed by atoms with van der Waals surface area (Å²) in [6.07, 6.45) is 14.3. The summed E-state index contributed by atoms with van der Waals surface area (Å²) in [6.45, 7) is 16.6. The Kier molecular flexibility index (Phi) is 14.0. The van der Waals surface area contributed by atoms with Crippen LogP contribution in [0.15, 0.2) is 57.2 Å². The highest BCUT2D eigenvalue weighted by Gasteiger charge is 2.18. The second-order valence-corrected chi connectivity index (χ2v) is 8.00. The molecule has 0 aromatic heterocycles. The molecule has 0 unspecified atom stereocenters. The van der Waals surface area contributed by atoms with Gasteiger partial charge in [0.2, 0.25) is 0 Å². The van der Waals surface area contributed by atoms with Gasteiger partial charge in [0.25, 0.3) is 0 Å². The Hall–Kier alpha value is -1.90. The number of nitrogens with one attached hydrogen (secondary N) is 1. The molecule has 0 aliphatic heterocycles. The second kappa shape index (κ2) is 15.1. The molecule has 0 saturated heterocycles. The van der Waals surface area contributed by atoms with E-state index in [9.17, 15) is 0 Å². The fourth-order valence-electron chi connectivity index (χ4n) is 3.34. The van der Waals surface area contributed by atoms with Gasteiger partial charge in [0.05, 0.1) is 5.71 Å². The van der Waals surface area contributed by atoms with Crippen LogP contribution in [0.3, 0.4) is 0 Å². The number of allylic oxidation sites excluding steroid dienone is 7. The summed E-state index contributed by atoms with van der Waals surface area (Å²) < 4.78 is 0. The number of rotatable bonds is 7. The van der Waals surface area contributed by atoms with Crippen molar-refractivity contribution in [1.82, 2.24) is 5.32 Å². The van der Waals surface area contributed by atoms with Crippen LogP contribution in [-0.4, -0.2) is 32.1 Å². The van der Waals surface area contributed by atoms with Crippen molar-refractivity contribution in [2.24, 2.45) is 15.9 Å². The highest BCUT2D eigenvalue weighted by molar-refractivity contribution is 6.25. The summed E-state index contributed by atoms with van der Waals surface area (Å²) in [5.41, 5.74) is 5.50. The van der Waals surface area contributed by atoms with Crippen LogP contribution >= 0.6 is 0 Å². The van der Waals surface area contributed by atoms with E-state index < -0.39 is 0 Å². The molecule has 0 heterocycles. The van der Waals surface area contributed by atoms with Gasteiger partial charge in [-0.25, -0.2) is 0 Å². The zero-order chi connectivity index (χ0) is 21.5. The van der Waals surface area contributed by atoms with Crippen molar-refractivity contribution in [3.63, 3.8) is 0 Å². The average molecular weight is 386 g/mol. The van der Waals surface area contributed by atoms with E-state index in [1.807, 2.05) is 32.3 Å². The topological polar surface area (TPSA) is 36.8 Å². The summed E-state index contributed by atoms with van der Waals surface area (Å²) in [5.74, 6) is 0.833. The minimum atomic E-state index is 0.567. The number of nitrogens with zero attached hydrogens (tertiary/aromatic N) is 2. The quantitative estimate of drug-likeness (QED) is 0.384. The van der Waals surface area contributed by atoms with Gasteiger partial charge in [-0.05, 0) is 45.1 Å². The van der Waals surface area contributed by atoms with Crippen LogP contribution in [0, 0.1) is 5.92 Å². The molecule has 0 atom stereocenters. The summed E-state index contributed by atoms with van der Waals surface area (Å²) >= 11 is 0. The SMILES string of the molecule is C=C/C=C(C)\C(C(=NC)/C(C=NC)=C/C)=C(/C)NC1CCCCC1.CC(C)C. The van der Waals surface area contributed by atoms with Gasteiger partial charge in [0, 0.05) is 43.2 Å². The lowest BCUT2D eigenvalue weighted by Crippen LogP contribution is -2.31. The zero-order valence-electron chi connectivity index (χ0n) is 19.6. The molecule has 1 fully saturated rings. The number of hydrogen-bond donors (Lipinski definition) is 1. The molecule has 3 nitrogen and oxygen atoms in total. The van der Waals surface area contributed by atoms with Crippen LogP contribution in [-0.2, 0) is 0 Å². The van der Waals surface area contributed by atoms with Gasteiger partial charge in [-0.3, -0.25) is 9.98 Å². The van der Waals surface area contributed by atoms with Crippen molar-refractivity contribution in [3.8, 4) is 0 Å². The highest BCUT2D eigenvalue weighted by Crippen LogP contribution is 2.23. The first kappa shape index (κ1) is 26.1. The first-order chi connectivity index (χ1) is 13.3. The standard InChI is InChI=1S/C21H33N3.C4H10/c1-7-12-16(3)20(21(23-6)18(8-2)15-22-5)17(4)24-19-13-10-9-11-14-19;1-4(2)3/h7-8,12,15,19,24H,1,9-11,13-14H2,2-6H3;4H,1-3H3/b16-12-,18-8+,20-17-,22-15?,23-21?;. The molecule has 1 aliphatic carbocycles. The van der Waals surface area contributed by atoms with E-state index in [0.717, 1.165) is 28.3 Å². The fraction of sp³-hybridized carbons (Fsp3) is 0.600. The maximum Gasteiger partial charge on any atom is 0.0747 e. The lowest BCUT2D eigenvalue weighted by atomic mass is 9.92. The van der Waals surface area contributed by atoms with E-state index in [4.69, 9.17) is 0 Å². The van der Waals surface area contributed by atoms with Crippen molar-refractivity contribution in [1.29, 1.82) is 0 Å². The molecule has 28 heavy (non-hydrogen) atoms. The Bertz CT molecular complexity index is 607. The van der Waals surface area contributed by atoms with Gasteiger partial charge < -0.3 is 5.32 Å². The van der Waals surface area contributed by atoms with Gasteiger partial charge >= 0.3 is 0 Å². The van der Waals surface area contributed by atoms with Crippen molar-refractivity contribution < 1.29 is 0 Å². The maximum absolute atomic E-state index is 4.58. The Morgan fingerprint density at radius 1 is 1.07 bits per heavy atom. The third-order valence-corrected chi connectivity index (χ3v) is 4.48. The van der Waals surface area contributed by atoms with Gasteiger partial charge in [-0.15, -0.1) is 0 Å². The molecule has 0 aromatic rings. The summed E-state index contributed by atoms with van der Waals surface area (Å²) in [4.78, 5) is 8.76. The molecule has 0 spiro atoms. The van der Waals surface area contributed by atoms with Crippen molar-refractivity contribution in [2.75, 3.05) is 14.1 Å². The predicted octanol–water partition coefficient (Wildman–Crippen LogP) is 6.70. The molecule has 0 radical (unpaired) electrons. The molecule has 1 saturated carbocycles.